The van der Waals surface area contributed by atoms with Crippen LogP contribution in [0, 0.1) is 5.92 Å². The molecule has 5 heteroatoms. The van der Waals surface area contributed by atoms with Crippen LogP contribution in [0.4, 0.5) is 0 Å². The van der Waals surface area contributed by atoms with E-state index in [1.165, 1.54) is 25.7 Å². The normalized spacial score (nSPS) is 26.2. The summed E-state index contributed by atoms with van der Waals surface area (Å²) in [6.07, 6.45) is 6.63. The molecule has 1 saturated carbocycles. The second-order valence-corrected chi connectivity index (χ2v) is 7.53. The number of carbonyl (C=O) groups excluding carboxylic acids is 1. The van der Waals surface area contributed by atoms with Gasteiger partial charge in [0.05, 0.1) is 19.8 Å². The molecule has 0 radical (unpaired) electrons. The number of nitrogens with zero attached hydrogens (tertiary/aromatic N) is 1. The standard InChI is InChI=1S/C21H31NO4/c1-15(23)16-8-9-20(21(14-16)25-2)26-13-5-11-22-12-10-19(24)17-6-3-4-7-18(17)22/h8-9,14,17-19,24H,3-7,10-13H2,1-2H3. The van der Waals surface area contributed by atoms with Gasteiger partial charge in [-0.1, -0.05) is 12.8 Å². The van der Waals surface area contributed by atoms with Gasteiger partial charge in [0.25, 0.3) is 0 Å². The van der Waals surface area contributed by atoms with Gasteiger partial charge in [0.2, 0.25) is 0 Å². The smallest absolute Gasteiger partial charge is 0.161 e. The summed E-state index contributed by atoms with van der Waals surface area (Å²) in [5.41, 5.74) is 0.629. The number of benzene rings is 1. The van der Waals surface area contributed by atoms with Crippen LogP contribution in [0.15, 0.2) is 18.2 Å². The molecular formula is C21H31NO4. The van der Waals surface area contributed by atoms with Gasteiger partial charge in [-0.2, -0.15) is 0 Å². The van der Waals surface area contributed by atoms with Gasteiger partial charge >= 0.3 is 0 Å². The Morgan fingerprint density at radius 2 is 2.04 bits per heavy atom. The van der Waals surface area contributed by atoms with Crippen molar-refractivity contribution in [2.45, 2.75) is 57.6 Å². The summed E-state index contributed by atoms with van der Waals surface area (Å²) in [6.45, 7) is 4.15. The van der Waals surface area contributed by atoms with Crippen LogP contribution in [0.5, 0.6) is 11.5 Å². The first-order chi connectivity index (χ1) is 12.6. The van der Waals surface area contributed by atoms with Crippen LogP contribution in [0.2, 0.25) is 0 Å². The maximum Gasteiger partial charge on any atom is 0.161 e. The average molecular weight is 361 g/mol. The Morgan fingerprint density at radius 1 is 1.23 bits per heavy atom. The van der Waals surface area contributed by atoms with Gasteiger partial charge in [-0.05, 0) is 50.8 Å². The molecule has 1 saturated heterocycles. The maximum absolute atomic E-state index is 11.5. The fourth-order valence-electron chi connectivity index (χ4n) is 4.45. The molecule has 3 atom stereocenters. The van der Waals surface area contributed by atoms with E-state index in [1.807, 2.05) is 6.07 Å². The second-order valence-electron chi connectivity index (χ2n) is 7.53. The molecule has 0 amide bonds. The number of rotatable bonds is 7. The Bertz CT molecular complexity index is 618. The van der Waals surface area contributed by atoms with Gasteiger partial charge in [0.15, 0.2) is 17.3 Å². The predicted octanol–water partition coefficient (Wildman–Crippen LogP) is 3.29. The van der Waals surface area contributed by atoms with Gasteiger partial charge in [0.1, 0.15) is 0 Å². The number of methoxy groups -OCH3 is 1. The van der Waals surface area contributed by atoms with Gasteiger partial charge in [-0.3, -0.25) is 9.69 Å². The molecule has 5 nitrogen and oxygen atoms in total. The second kappa shape index (κ2) is 8.87. The molecular weight excluding hydrogens is 330 g/mol. The molecule has 1 aromatic carbocycles. The van der Waals surface area contributed by atoms with Crippen molar-refractivity contribution in [3.8, 4) is 11.5 Å². The third-order valence-corrected chi connectivity index (χ3v) is 5.87. The number of likely N-dealkylation sites (tertiary alicyclic amines) is 1. The third kappa shape index (κ3) is 4.38. The van der Waals surface area contributed by atoms with Crippen LogP contribution in [0.25, 0.3) is 0 Å². The highest BCUT2D eigenvalue weighted by Gasteiger charge is 2.38. The predicted molar refractivity (Wildman–Crippen MR) is 101 cm³/mol. The van der Waals surface area contributed by atoms with E-state index in [1.54, 1.807) is 26.2 Å². The number of aliphatic hydroxyl groups is 1. The number of hydrogen-bond donors (Lipinski definition) is 1. The average Bonchev–Trinajstić information content (AvgIpc) is 2.67. The van der Waals surface area contributed by atoms with E-state index < -0.39 is 0 Å². The van der Waals surface area contributed by atoms with E-state index in [2.05, 4.69) is 4.90 Å². The highest BCUT2D eigenvalue weighted by atomic mass is 16.5. The summed E-state index contributed by atoms with van der Waals surface area (Å²) in [6, 6.07) is 5.86. The molecule has 1 aliphatic heterocycles. The van der Waals surface area contributed by atoms with E-state index in [-0.39, 0.29) is 11.9 Å². The minimum Gasteiger partial charge on any atom is -0.493 e. The summed E-state index contributed by atoms with van der Waals surface area (Å²) >= 11 is 0. The van der Waals surface area contributed by atoms with Gasteiger partial charge in [-0.15, -0.1) is 0 Å². The van der Waals surface area contributed by atoms with E-state index in [4.69, 9.17) is 9.47 Å². The molecule has 3 unspecified atom stereocenters. The lowest BCUT2D eigenvalue weighted by molar-refractivity contribution is -0.0369. The summed E-state index contributed by atoms with van der Waals surface area (Å²) in [7, 11) is 1.59. The van der Waals surface area contributed by atoms with Crippen LogP contribution in [-0.4, -0.2) is 54.7 Å². The fraction of sp³-hybridized carbons (Fsp3) is 0.667. The molecule has 1 heterocycles. The van der Waals surface area contributed by atoms with E-state index >= 15 is 0 Å². The van der Waals surface area contributed by atoms with Crippen molar-refractivity contribution in [1.82, 2.24) is 4.90 Å². The first-order valence-corrected chi connectivity index (χ1v) is 9.84. The number of ether oxygens (including phenoxy) is 2. The molecule has 0 bridgehead atoms. The largest absolute Gasteiger partial charge is 0.493 e. The lowest BCUT2D eigenvalue weighted by atomic mass is 9.76. The van der Waals surface area contributed by atoms with E-state index in [0.717, 1.165) is 25.9 Å². The van der Waals surface area contributed by atoms with Gasteiger partial charge in [-0.25, -0.2) is 0 Å². The zero-order valence-corrected chi connectivity index (χ0v) is 15.9. The number of Topliss-reactive ketones (excluding diaryl/α,β-unsaturated/α-hetero) is 1. The topological polar surface area (TPSA) is 59.0 Å². The van der Waals surface area contributed by atoms with Crippen molar-refractivity contribution in [3.63, 3.8) is 0 Å². The molecule has 26 heavy (non-hydrogen) atoms. The molecule has 1 N–H and O–H groups in total. The Balaban J connectivity index is 1.50. The van der Waals surface area contributed by atoms with Crippen molar-refractivity contribution < 1.29 is 19.4 Å². The Labute approximate surface area is 156 Å². The van der Waals surface area contributed by atoms with Crippen LogP contribution < -0.4 is 9.47 Å². The summed E-state index contributed by atoms with van der Waals surface area (Å²) < 4.78 is 11.2. The van der Waals surface area contributed by atoms with Crippen LogP contribution >= 0.6 is 0 Å². The Morgan fingerprint density at radius 3 is 2.81 bits per heavy atom. The first kappa shape index (κ1) is 19.2. The zero-order chi connectivity index (χ0) is 18.5. The summed E-state index contributed by atoms with van der Waals surface area (Å²) in [4.78, 5) is 14.0. The highest BCUT2D eigenvalue weighted by Crippen LogP contribution is 2.35. The highest BCUT2D eigenvalue weighted by molar-refractivity contribution is 5.94. The zero-order valence-electron chi connectivity index (χ0n) is 15.9. The molecule has 0 aromatic heterocycles. The molecule has 144 valence electrons. The summed E-state index contributed by atoms with van der Waals surface area (Å²) in [5, 5.41) is 10.3. The van der Waals surface area contributed by atoms with Crippen molar-refractivity contribution in [2.24, 2.45) is 5.92 Å². The molecule has 2 aliphatic rings. The Kier molecular flexibility index (Phi) is 6.54. The number of ketones is 1. The maximum atomic E-state index is 11.5. The number of carbonyl (C=O) groups is 1. The van der Waals surface area contributed by atoms with Crippen LogP contribution in [-0.2, 0) is 0 Å². The number of piperidine rings is 1. The fourth-order valence-corrected chi connectivity index (χ4v) is 4.45. The molecule has 0 spiro atoms. The van der Waals surface area contributed by atoms with Crippen molar-refractivity contribution in [1.29, 1.82) is 0 Å². The first-order valence-electron chi connectivity index (χ1n) is 9.84. The van der Waals surface area contributed by atoms with Gasteiger partial charge < -0.3 is 14.6 Å². The summed E-state index contributed by atoms with van der Waals surface area (Å²) in [5.74, 6) is 1.76. The van der Waals surface area contributed by atoms with Crippen molar-refractivity contribution >= 4 is 5.78 Å². The monoisotopic (exact) mass is 361 g/mol. The number of hydrogen-bond acceptors (Lipinski definition) is 5. The molecule has 2 fully saturated rings. The van der Waals surface area contributed by atoms with Crippen LogP contribution in [0.3, 0.4) is 0 Å². The third-order valence-electron chi connectivity index (χ3n) is 5.87. The van der Waals surface area contributed by atoms with Crippen molar-refractivity contribution in [3.05, 3.63) is 23.8 Å². The molecule has 1 aromatic rings. The minimum atomic E-state index is -0.114. The molecule has 1 aliphatic carbocycles. The quantitative estimate of drug-likeness (QED) is 0.596. The SMILES string of the molecule is COc1cc(C(C)=O)ccc1OCCCN1CCC(O)C2CCCCC21. The van der Waals surface area contributed by atoms with Crippen LogP contribution in [0.1, 0.15) is 55.8 Å². The van der Waals surface area contributed by atoms with E-state index in [0.29, 0.717) is 35.6 Å². The van der Waals surface area contributed by atoms with Crippen molar-refractivity contribution in [2.75, 3.05) is 26.8 Å². The minimum absolute atomic E-state index is 0.0178. The lowest BCUT2D eigenvalue weighted by Gasteiger charge is -2.46. The Hall–Kier alpha value is -1.59. The van der Waals surface area contributed by atoms with E-state index in [9.17, 15) is 9.90 Å². The number of fused-ring (bicyclic) bond motifs is 1. The molecule has 3 rings (SSSR count). The van der Waals surface area contributed by atoms with Gasteiger partial charge in [0, 0.05) is 30.6 Å². The number of aliphatic hydroxyl groups excluding tert-OH is 1. The lowest BCUT2D eigenvalue weighted by Crippen LogP contribution is -2.52.